The predicted molar refractivity (Wildman–Crippen MR) is 91.3 cm³/mol. The van der Waals surface area contributed by atoms with E-state index in [1.54, 1.807) is 0 Å². The molecule has 1 fully saturated rings. The van der Waals surface area contributed by atoms with Gasteiger partial charge in [-0.15, -0.1) is 0 Å². The number of hydrogen-bond acceptors (Lipinski definition) is 3. The second-order valence-electron chi connectivity index (χ2n) is 5.76. The number of hydrogen-bond donors (Lipinski definition) is 2. The van der Waals surface area contributed by atoms with Gasteiger partial charge in [-0.2, -0.15) is 4.72 Å². The minimum Gasteiger partial charge on any atom is -0.352 e. The molecule has 128 valence electrons. The number of benzene rings is 1. The van der Waals surface area contributed by atoms with Gasteiger partial charge >= 0.3 is 0 Å². The van der Waals surface area contributed by atoms with E-state index >= 15 is 0 Å². The largest absolute Gasteiger partial charge is 0.352 e. The normalized spacial score (nSPS) is 17.7. The highest BCUT2D eigenvalue weighted by Crippen LogP contribution is 2.25. The molecule has 0 aliphatic heterocycles. The number of rotatable bonds is 5. The summed E-state index contributed by atoms with van der Waals surface area (Å²) in [6.45, 7) is 1.51. The molecule has 1 saturated carbocycles. The summed E-state index contributed by atoms with van der Waals surface area (Å²) in [4.78, 5) is 12.0. The summed E-state index contributed by atoms with van der Waals surface area (Å²) in [5, 5.41) is 3.21. The van der Waals surface area contributed by atoms with Crippen molar-refractivity contribution >= 4 is 39.1 Å². The van der Waals surface area contributed by atoms with E-state index in [1.165, 1.54) is 31.5 Å². The molecular weight excluding hydrogens is 359 g/mol. The molecule has 5 nitrogen and oxygen atoms in total. The predicted octanol–water partition coefficient (Wildman–Crippen LogP) is 3.11. The van der Waals surface area contributed by atoms with Gasteiger partial charge in [-0.1, -0.05) is 42.5 Å². The average molecular weight is 379 g/mol. The molecule has 23 heavy (non-hydrogen) atoms. The first-order valence-electron chi connectivity index (χ1n) is 7.57. The Hall–Kier alpha value is -0.820. The van der Waals surface area contributed by atoms with Crippen molar-refractivity contribution in [3.05, 3.63) is 28.2 Å². The van der Waals surface area contributed by atoms with Gasteiger partial charge in [0.2, 0.25) is 15.9 Å². The molecule has 0 spiro atoms. The highest BCUT2D eigenvalue weighted by Gasteiger charge is 2.26. The van der Waals surface area contributed by atoms with Gasteiger partial charge in [-0.05, 0) is 38.0 Å². The number of carbonyl (C=O) groups excluding carboxylic acids is 1. The minimum atomic E-state index is -3.93. The van der Waals surface area contributed by atoms with Crippen molar-refractivity contribution in [2.45, 2.75) is 56.0 Å². The molecule has 1 aliphatic rings. The molecule has 8 heteroatoms. The maximum Gasteiger partial charge on any atom is 0.242 e. The summed E-state index contributed by atoms with van der Waals surface area (Å²) in [6.07, 6.45) is 5.23. The van der Waals surface area contributed by atoms with Gasteiger partial charge in [-0.25, -0.2) is 8.42 Å². The number of sulfonamides is 1. The van der Waals surface area contributed by atoms with Crippen molar-refractivity contribution in [1.29, 1.82) is 0 Å². The lowest BCUT2D eigenvalue weighted by atomic mass is 9.95. The van der Waals surface area contributed by atoms with Crippen molar-refractivity contribution in [2.24, 2.45) is 0 Å². The highest BCUT2D eigenvalue weighted by atomic mass is 35.5. The van der Waals surface area contributed by atoms with Crippen LogP contribution in [0.1, 0.15) is 39.0 Å². The van der Waals surface area contributed by atoms with Crippen LogP contribution in [0.3, 0.4) is 0 Å². The third kappa shape index (κ3) is 5.08. The fraction of sp³-hybridized carbons (Fsp3) is 0.533. The molecule has 1 aliphatic carbocycles. The summed E-state index contributed by atoms with van der Waals surface area (Å²) in [5.41, 5.74) is 0. The van der Waals surface area contributed by atoms with Crippen LogP contribution >= 0.6 is 23.2 Å². The van der Waals surface area contributed by atoms with Crippen LogP contribution in [0, 0.1) is 0 Å². The first-order valence-corrected chi connectivity index (χ1v) is 9.81. The standard InChI is InChI=1S/C15H20Cl2N2O3S/c1-10(15(20)18-12-5-3-2-4-6-12)19-23(21,22)14-9-11(16)7-8-13(14)17/h7-10,12,19H,2-6H2,1H3,(H,18,20). The van der Waals surface area contributed by atoms with Crippen molar-refractivity contribution in [3.8, 4) is 0 Å². The van der Waals surface area contributed by atoms with Gasteiger partial charge in [0.1, 0.15) is 4.90 Å². The third-order valence-corrected chi connectivity index (χ3v) is 6.12. The Kier molecular flexibility index (Phi) is 6.31. The number of carbonyl (C=O) groups is 1. The van der Waals surface area contributed by atoms with E-state index in [1.807, 2.05) is 0 Å². The lowest BCUT2D eigenvalue weighted by Crippen LogP contribution is -2.48. The van der Waals surface area contributed by atoms with Gasteiger partial charge in [0.15, 0.2) is 0 Å². The monoisotopic (exact) mass is 378 g/mol. The van der Waals surface area contributed by atoms with E-state index in [2.05, 4.69) is 10.0 Å². The molecular formula is C15H20Cl2N2O3S. The van der Waals surface area contributed by atoms with Crippen molar-refractivity contribution < 1.29 is 13.2 Å². The van der Waals surface area contributed by atoms with Crippen LogP contribution in [0.2, 0.25) is 10.0 Å². The summed E-state index contributed by atoms with van der Waals surface area (Å²) >= 11 is 11.7. The van der Waals surface area contributed by atoms with Crippen LogP contribution in [-0.4, -0.2) is 26.4 Å². The van der Waals surface area contributed by atoms with E-state index in [0.29, 0.717) is 0 Å². The molecule has 1 atom stereocenters. The van der Waals surface area contributed by atoms with Gasteiger partial charge in [0.05, 0.1) is 11.1 Å². The minimum absolute atomic E-state index is 0.0572. The Morgan fingerprint density at radius 1 is 1.22 bits per heavy atom. The second-order valence-corrected chi connectivity index (χ2v) is 8.29. The lowest BCUT2D eigenvalue weighted by molar-refractivity contribution is -0.123. The van der Waals surface area contributed by atoms with E-state index in [0.717, 1.165) is 25.7 Å². The zero-order chi connectivity index (χ0) is 17.0. The van der Waals surface area contributed by atoms with E-state index in [9.17, 15) is 13.2 Å². The quantitative estimate of drug-likeness (QED) is 0.826. The molecule has 0 saturated heterocycles. The molecule has 2 N–H and O–H groups in total. The molecule has 0 heterocycles. The molecule has 0 bridgehead atoms. The maximum atomic E-state index is 12.4. The number of amides is 1. The van der Waals surface area contributed by atoms with Gasteiger partial charge in [0.25, 0.3) is 0 Å². The number of nitrogens with one attached hydrogen (secondary N) is 2. The third-order valence-electron chi connectivity index (χ3n) is 3.86. The Bertz CT molecular complexity index is 673. The van der Waals surface area contributed by atoms with Crippen LogP contribution < -0.4 is 10.0 Å². The smallest absolute Gasteiger partial charge is 0.242 e. The highest BCUT2D eigenvalue weighted by molar-refractivity contribution is 7.89. The van der Waals surface area contributed by atoms with Gasteiger partial charge in [0, 0.05) is 11.1 Å². The van der Waals surface area contributed by atoms with Gasteiger partial charge < -0.3 is 5.32 Å². The van der Waals surface area contributed by atoms with Crippen LogP contribution in [0.5, 0.6) is 0 Å². The summed E-state index contributed by atoms with van der Waals surface area (Å²) in [6, 6.07) is 3.40. The van der Waals surface area contributed by atoms with Crippen molar-refractivity contribution in [1.82, 2.24) is 10.0 Å². The zero-order valence-corrected chi connectivity index (χ0v) is 15.1. The van der Waals surface area contributed by atoms with Crippen LogP contribution in [0.4, 0.5) is 0 Å². The number of halogens is 2. The maximum absolute atomic E-state index is 12.4. The summed E-state index contributed by atoms with van der Waals surface area (Å²) < 4.78 is 27.1. The Morgan fingerprint density at radius 3 is 2.52 bits per heavy atom. The first kappa shape index (κ1) is 18.5. The van der Waals surface area contributed by atoms with E-state index < -0.39 is 16.1 Å². The molecule has 1 unspecified atom stereocenters. The van der Waals surface area contributed by atoms with Crippen molar-refractivity contribution in [2.75, 3.05) is 0 Å². The lowest BCUT2D eigenvalue weighted by Gasteiger charge is -2.24. The Balaban J connectivity index is 2.04. The Labute approximate surface area is 146 Å². The summed E-state index contributed by atoms with van der Waals surface area (Å²) in [7, 11) is -3.93. The molecule has 1 amide bonds. The van der Waals surface area contributed by atoms with Crippen LogP contribution in [-0.2, 0) is 14.8 Å². The van der Waals surface area contributed by atoms with Crippen molar-refractivity contribution in [3.63, 3.8) is 0 Å². The molecule has 0 radical (unpaired) electrons. The van der Waals surface area contributed by atoms with Crippen LogP contribution in [0.25, 0.3) is 0 Å². The fourth-order valence-electron chi connectivity index (χ4n) is 2.61. The van der Waals surface area contributed by atoms with E-state index in [4.69, 9.17) is 23.2 Å². The molecule has 2 rings (SSSR count). The molecule has 0 aromatic heterocycles. The van der Waals surface area contributed by atoms with E-state index in [-0.39, 0.29) is 26.9 Å². The van der Waals surface area contributed by atoms with Crippen LogP contribution in [0.15, 0.2) is 23.1 Å². The average Bonchev–Trinajstić information content (AvgIpc) is 2.50. The second kappa shape index (κ2) is 7.83. The molecule has 1 aromatic carbocycles. The summed E-state index contributed by atoms with van der Waals surface area (Å²) in [5.74, 6) is -0.335. The Morgan fingerprint density at radius 2 is 1.87 bits per heavy atom. The topological polar surface area (TPSA) is 75.3 Å². The van der Waals surface area contributed by atoms with Gasteiger partial charge in [-0.3, -0.25) is 4.79 Å². The first-order chi connectivity index (χ1) is 10.8. The molecule has 1 aromatic rings. The zero-order valence-electron chi connectivity index (χ0n) is 12.8. The SMILES string of the molecule is CC(NS(=O)(=O)c1cc(Cl)ccc1Cl)C(=O)NC1CCCCC1. The fourth-order valence-corrected chi connectivity index (χ4v) is 4.57.